The van der Waals surface area contributed by atoms with E-state index in [9.17, 15) is 4.39 Å². The molecule has 2 atom stereocenters. The Hall–Kier alpha value is -1.87. The maximum atomic E-state index is 13.4. The number of fused-ring (bicyclic) bond motifs is 1. The van der Waals surface area contributed by atoms with Crippen molar-refractivity contribution in [3.05, 3.63) is 65.0 Å². The van der Waals surface area contributed by atoms with Gasteiger partial charge in [-0.1, -0.05) is 29.8 Å². The fourth-order valence-corrected chi connectivity index (χ4v) is 2.79. The van der Waals surface area contributed by atoms with E-state index in [1.807, 2.05) is 13.1 Å². The van der Waals surface area contributed by atoms with Crippen LogP contribution in [0.25, 0.3) is 0 Å². The van der Waals surface area contributed by atoms with Gasteiger partial charge < -0.3 is 10.1 Å². The molecule has 2 unspecified atom stereocenters. The van der Waals surface area contributed by atoms with Crippen molar-refractivity contribution < 1.29 is 9.13 Å². The minimum atomic E-state index is -0.221. The zero-order chi connectivity index (χ0) is 14.1. The van der Waals surface area contributed by atoms with E-state index in [1.165, 1.54) is 17.2 Å². The molecule has 0 spiro atoms. The Bertz CT molecular complexity index is 626. The van der Waals surface area contributed by atoms with Crippen LogP contribution in [0.1, 0.15) is 35.3 Å². The third-order valence-corrected chi connectivity index (χ3v) is 3.83. The minimum absolute atomic E-state index is 0.00492. The van der Waals surface area contributed by atoms with Gasteiger partial charge in [0.1, 0.15) is 17.7 Å². The molecule has 2 aromatic rings. The first-order valence-corrected chi connectivity index (χ1v) is 6.87. The van der Waals surface area contributed by atoms with Crippen LogP contribution in [0.3, 0.4) is 0 Å². The second-order valence-corrected chi connectivity index (χ2v) is 5.28. The predicted molar refractivity (Wildman–Crippen MR) is 77.4 cm³/mol. The van der Waals surface area contributed by atoms with Crippen LogP contribution in [0.5, 0.6) is 5.75 Å². The topological polar surface area (TPSA) is 21.3 Å². The van der Waals surface area contributed by atoms with Crippen molar-refractivity contribution in [2.45, 2.75) is 25.5 Å². The first-order valence-electron chi connectivity index (χ1n) is 6.87. The highest BCUT2D eigenvalue weighted by atomic mass is 19.1. The third kappa shape index (κ3) is 2.41. The lowest BCUT2D eigenvalue weighted by Crippen LogP contribution is -2.26. The lowest BCUT2D eigenvalue weighted by atomic mass is 9.92. The lowest BCUT2D eigenvalue weighted by molar-refractivity contribution is 0.153. The third-order valence-electron chi connectivity index (χ3n) is 3.83. The number of hydrogen-bond donors (Lipinski definition) is 1. The number of nitrogens with one attached hydrogen (secondary N) is 1. The van der Waals surface area contributed by atoms with Crippen molar-refractivity contribution in [2.75, 3.05) is 7.05 Å². The number of benzene rings is 2. The predicted octanol–water partition coefficient (Wildman–Crippen LogP) is 3.92. The highest BCUT2D eigenvalue weighted by Gasteiger charge is 2.28. The minimum Gasteiger partial charge on any atom is -0.485 e. The number of halogens is 1. The van der Waals surface area contributed by atoms with Crippen molar-refractivity contribution in [3.63, 3.8) is 0 Å². The molecule has 1 aliphatic heterocycles. The highest BCUT2D eigenvalue weighted by molar-refractivity contribution is 5.40. The van der Waals surface area contributed by atoms with Gasteiger partial charge in [0.25, 0.3) is 0 Å². The lowest BCUT2D eigenvalue weighted by Gasteiger charge is -2.32. The summed E-state index contributed by atoms with van der Waals surface area (Å²) in [5.74, 6) is 0.546. The van der Waals surface area contributed by atoms with Gasteiger partial charge in [-0.2, -0.15) is 0 Å². The Morgan fingerprint density at radius 2 is 2.05 bits per heavy atom. The molecule has 3 heteroatoms. The van der Waals surface area contributed by atoms with E-state index in [2.05, 4.69) is 30.4 Å². The first kappa shape index (κ1) is 13.1. The molecule has 3 rings (SSSR count). The summed E-state index contributed by atoms with van der Waals surface area (Å²) < 4.78 is 19.4. The Kier molecular flexibility index (Phi) is 3.45. The summed E-state index contributed by atoms with van der Waals surface area (Å²) in [4.78, 5) is 0. The number of hydrogen-bond acceptors (Lipinski definition) is 2. The van der Waals surface area contributed by atoms with E-state index in [-0.39, 0.29) is 18.0 Å². The average molecular weight is 271 g/mol. The molecule has 104 valence electrons. The Balaban J connectivity index is 1.96. The fourth-order valence-electron chi connectivity index (χ4n) is 2.79. The Morgan fingerprint density at radius 1 is 1.20 bits per heavy atom. The molecule has 0 bridgehead atoms. The quantitative estimate of drug-likeness (QED) is 0.894. The van der Waals surface area contributed by atoms with E-state index in [4.69, 9.17) is 4.74 Å². The van der Waals surface area contributed by atoms with Gasteiger partial charge in [-0.25, -0.2) is 4.39 Å². The summed E-state index contributed by atoms with van der Waals surface area (Å²) in [6, 6.07) is 13.2. The maximum Gasteiger partial charge on any atom is 0.126 e. The van der Waals surface area contributed by atoms with Gasteiger partial charge in [-0.05, 0) is 37.7 Å². The Morgan fingerprint density at radius 3 is 2.80 bits per heavy atom. The molecule has 1 aliphatic rings. The number of aryl methyl sites for hydroxylation is 1. The summed E-state index contributed by atoms with van der Waals surface area (Å²) in [6.45, 7) is 2.07. The van der Waals surface area contributed by atoms with Crippen LogP contribution in [-0.4, -0.2) is 7.05 Å². The first-order chi connectivity index (χ1) is 9.67. The number of ether oxygens (including phenoxy) is 1. The summed E-state index contributed by atoms with van der Waals surface area (Å²) in [5, 5.41) is 3.26. The molecule has 20 heavy (non-hydrogen) atoms. The molecule has 0 aliphatic carbocycles. The van der Waals surface area contributed by atoms with Crippen molar-refractivity contribution in [1.29, 1.82) is 0 Å². The van der Waals surface area contributed by atoms with Gasteiger partial charge in [0, 0.05) is 18.0 Å². The smallest absolute Gasteiger partial charge is 0.126 e. The molecule has 0 aromatic heterocycles. The highest BCUT2D eigenvalue weighted by Crippen LogP contribution is 2.40. The van der Waals surface area contributed by atoms with E-state index >= 15 is 0 Å². The molecule has 0 saturated carbocycles. The zero-order valence-electron chi connectivity index (χ0n) is 11.7. The summed E-state index contributed by atoms with van der Waals surface area (Å²) >= 11 is 0. The fraction of sp³-hybridized carbons (Fsp3) is 0.294. The van der Waals surface area contributed by atoms with Crippen LogP contribution in [0, 0.1) is 12.7 Å². The summed E-state index contributed by atoms with van der Waals surface area (Å²) in [5.41, 5.74) is 3.29. The summed E-state index contributed by atoms with van der Waals surface area (Å²) in [7, 11) is 1.90. The molecule has 0 saturated heterocycles. The molecule has 0 amide bonds. The molecular weight excluding hydrogens is 253 g/mol. The van der Waals surface area contributed by atoms with Gasteiger partial charge >= 0.3 is 0 Å². The second kappa shape index (κ2) is 5.25. The van der Waals surface area contributed by atoms with Crippen molar-refractivity contribution in [1.82, 2.24) is 5.32 Å². The SMILES string of the molecule is CNC1CC(c2cccc(C)c2)Oc2ccc(F)cc21. The van der Waals surface area contributed by atoms with E-state index in [1.54, 1.807) is 12.1 Å². The molecule has 1 heterocycles. The zero-order valence-corrected chi connectivity index (χ0v) is 11.7. The van der Waals surface area contributed by atoms with Crippen molar-refractivity contribution >= 4 is 0 Å². The van der Waals surface area contributed by atoms with Gasteiger partial charge in [0.05, 0.1) is 0 Å². The molecular formula is C17H18FNO. The van der Waals surface area contributed by atoms with E-state index < -0.39 is 0 Å². The second-order valence-electron chi connectivity index (χ2n) is 5.28. The molecule has 2 aromatic carbocycles. The molecule has 0 fully saturated rings. The van der Waals surface area contributed by atoms with Gasteiger partial charge in [0.15, 0.2) is 0 Å². The number of rotatable bonds is 2. The molecule has 2 nitrogen and oxygen atoms in total. The van der Waals surface area contributed by atoms with Gasteiger partial charge in [0.2, 0.25) is 0 Å². The largest absolute Gasteiger partial charge is 0.485 e. The van der Waals surface area contributed by atoms with E-state index in [0.29, 0.717) is 0 Å². The molecule has 1 N–H and O–H groups in total. The average Bonchev–Trinajstić information content (AvgIpc) is 2.46. The van der Waals surface area contributed by atoms with E-state index in [0.717, 1.165) is 17.7 Å². The van der Waals surface area contributed by atoms with Crippen LogP contribution in [0.2, 0.25) is 0 Å². The van der Waals surface area contributed by atoms with Crippen LogP contribution in [-0.2, 0) is 0 Å². The Labute approximate surface area is 118 Å². The molecule has 0 radical (unpaired) electrons. The van der Waals surface area contributed by atoms with Crippen LogP contribution in [0.15, 0.2) is 42.5 Å². The van der Waals surface area contributed by atoms with Crippen LogP contribution in [0.4, 0.5) is 4.39 Å². The monoisotopic (exact) mass is 271 g/mol. The summed E-state index contributed by atoms with van der Waals surface area (Å²) in [6.07, 6.45) is 0.807. The van der Waals surface area contributed by atoms with Gasteiger partial charge in [-0.3, -0.25) is 0 Å². The van der Waals surface area contributed by atoms with Crippen LogP contribution < -0.4 is 10.1 Å². The van der Waals surface area contributed by atoms with Gasteiger partial charge in [-0.15, -0.1) is 0 Å². The maximum absolute atomic E-state index is 13.4. The normalized spacial score (nSPS) is 21.1. The standard InChI is InChI=1S/C17H18FNO/c1-11-4-3-5-12(8-11)17-10-15(19-2)14-9-13(18)6-7-16(14)20-17/h3-9,15,17,19H,10H2,1-2H3. The van der Waals surface area contributed by atoms with Crippen LogP contribution >= 0.6 is 0 Å². The van der Waals surface area contributed by atoms with Crippen molar-refractivity contribution in [2.24, 2.45) is 0 Å². The van der Waals surface area contributed by atoms with Crippen molar-refractivity contribution in [3.8, 4) is 5.75 Å².